The Kier molecular flexibility index (Phi) is 4.76. The van der Waals surface area contributed by atoms with Crippen LogP contribution in [0.15, 0.2) is 34.7 Å². The number of morpholine rings is 1. The number of ether oxygens (including phenoxy) is 1. The van der Waals surface area contributed by atoms with Gasteiger partial charge in [-0.2, -0.15) is 0 Å². The van der Waals surface area contributed by atoms with Gasteiger partial charge in [-0.15, -0.1) is 0 Å². The summed E-state index contributed by atoms with van der Waals surface area (Å²) in [4.78, 5) is 30.2. The summed E-state index contributed by atoms with van der Waals surface area (Å²) in [6.07, 6.45) is 2.03. The van der Waals surface area contributed by atoms with Crippen LogP contribution in [0.1, 0.15) is 56.7 Å². The lowest BCUT2D eigenvalue weighted by Gasteiger charge is -2.48. The van der Waals surface area contributed by atoms with Crippen LogP contribution in [0, 0.1) is 6.92 Å². The van der Waals surface area contributed by atoms with Crippen molar-refractivity contribution in [2.75, 3.05) is 32.8 Å². The second kappa shape index (κ2) is 7.43. The number of ketones is 1. The van der Waals surface area contributed by atoms with Crippen LogP contribution in [-0.4, -0.2) is 60.4 Å². The molecule has 6 nitrogen and oxygen atoms in total. The molecule has 0 unspecified atom stereocenters. The van der Waals surface area contributed by atoms with Crippen molar-refractivity contribution in [1.29, 1.82) is 0 Å². The van der Waals surface area contributed by atoms with Crippen molar-refractivity contribution in [3.63, 3.8) is 0 Å². The van der Waals surface area contributed by atoms with Gasteiger partial charge in [-0.3, -0.25) is 14.5 Å². The highest BCUT2D eigenvalue weighted by atomic mass is 16.5. The summed E-state index contributed by atoms with van der Waals surface area (Å²) in [6.45, 7) is 5.14. The molecule has 0 radical (unpaired) electrons. The van der Waals surface area contributed by atoms with Crippen molar-refractivity contribution in [3.05, 3.63) is 58.5 Å². The normalized spacial score (nSPS) is 24.9. The first-order valence-electron chi connectivity index (χ1n) is 10.5. The number of amides is 1. The van der Waals surface area contributed by atoms with Gasteiger partial charge in [-0.1, -0.05) is 30.3 Å². The summed E-state index contributed by atoms with van der Waals surface area (Å²) in [5, 5.41) is 0. The third-order valence-electron chi connectivity index (χ3n) is 6.44. The van der Waals surface area contributed by atoms with Gasteiger partial charge < -0.3 is 14.1 Å². The Morgan fingerprint density at radius 1 is 1.10 bits per heavy atom. The Balaban J connectivity index is 1.37. The molecule has 2 aromatic rings. The van der Waals surface area contributed by atoms with Gasteiger partial charge in [0.25, 0.3) is 5.91 Å². The van der Waals surface area contributed by atoms with E-state index in [2.05, 4.69) is 29.2 Å². The van der Waals surface area contributed by atoms with Gasteiger partial charge in [0.1, 0.15) is 11.5 Å². The maximum Gasteiger partial charge on any atom is 0.258 e. The van der Waals surface area contributed by atoms with Crippen LogP contribution in [0.3, 0.4) is 0 Å². The van der Waals surface area contributed by atoms with E-state index in [4.69, 9.17) is 9.15 Å². The van der Waals surface area contributed by atoms with Crippen LogP contribution in [0.2, 0.25) is 0 Å². The topological polar surface area (TPSA) is 63.0 Å². The third kappa shape index (κ3) is 3.20. The predicted octanol–water partition coefficient (Wildman–Crippen LogP) is 3.00. The van der Waals surface area contributed by atoms with Crippen molar-refractivity contribution in [2.45, 2.75) is 38.3 Å². The molecule has 1 aromatic heterocycles. The Labute approximate surface area is 170 Å². The van der Waals surface area contributed by atoms with Crippen LogP contribution in [0.5, 0.6) is 0 Å². The molecule has 3 aliphatic rings. The third-order valence-corrected chi connectivity index (χ3v) is 6.44. The number of piperazine rings is 1. The minimum absolute atomic E-state index is 0.0372. The Bertz CT molecular complexity index is 936. The van der Waals surface area contributed by atoms with Gasteiger partial charge in [0.15, 0.2) is 5.78 Å². The molecule has 0 spiro atoms. The number of Topliss-reactive ketones (excluding diaryl/α,β-unsaturated/α-hetero) is 1. The summed E-state index contributed by atoms with van der Waals surface area (Å²) in [7, 11) is 0. The maximum absolute atomic E-state index is 13.4. The fourth-order valence-corrected chi connectivity index (χ4v) is 5.01. The van der Waals surface area contributed by atoms with Gasteiger partial charge in [0.2, 0.25) is 0 Å². The zero-order valence-electron chi connectivity index (χ0n) is 16.7. The SMILES string of the molecule is Cc1oc2c(c1C(=O)N1CCN3[C@@H](COC[C@@H]3c3ccccc3)C1)C(=O)CCC2. The molecule has 6 heteroatoms. The van der Waals surface area contributed by atoms with E-state index in [0.717, 1.165) is 19.4 Å². The van der Waals surface area contributed by atoms with Crippen molar-refractivity contribution in [1.82, 2.24) is 9.80 Å². The monoisotopic (exact) mass is 394 g/mol. The molecule has 0 N–H and O–H groups in total. The first-order chi connectivity index (χ1) is 14.1. The smallest absolute Gasteiger partial charge is 0.258 e. The van der Waals surface area contributed by atoms with Crippen molar-refractivity contribution >= 4 is 11.7 Å². The second-order valence-electron chi connectivity index (χ2n) is 8.21. The van der Waals surface area contributed by atoms with E-state index in [0.29, 0.717) is 55.4 Å². The molecular formula is C23H26N2O4. The standard InChI is InChI=1S/C23H26N2O4/c1-15-21(22-19(26)8-5-9-20(22)29-15)23(27)24-10-11-25-17(12-24)13-28-14-18(25)16-6-3-2-4-7-16/h2-4,6-7,17-18H,5,8-14H2,1H3/t17-,18-/m1/s1. The van der Waals surface area contributed by atoms with Gasteiger partial charge in [-0.25, -0.2) is 0 Å². The molecule has 1 amide bonds. The quantitative estimate of drug-likeness (QED) is 0.784. The number of carbonyl (C=O) groups excluding carboxylic acids is 2. The summed E-state index contributed by atoms with van der Waals surface area (Å²) >= 11 is 0. The van der Waals surface area contributed by atoms with Gasteiger partial charge >= 0.3 is 0 Å². The van der Waals surface area contributed by atoms with Crippen LogP contribution >= 0.6 is 0 Å². The Morgan fingerprint density at radius 3 is 2.76 bits per heavy atom. The first kappa shape index (κ1) is 18.6. The number of fused-ring (bicyclic) bond motifs is 2. The number of aryl methyl sites for hydroxylation is 2. The minimum Gasteiger partial charge on any atom is -0.465 e. The summed E-state index contributed by atoms with van der Waals surface area (Å²) in [5.74, 6) is 1.21. The number of rotatable bonds is 2. The molecule has 152 valence electrons. The highest BCUT2D eigenvalue weighted by Gasteiger charge is 2.40. The average Bonchev–Trinajstić information content (AvgIpc) is 3.10. The lowest BCUT2D eigenvalue weighted by Crippen LogP contribution is -2.60. The molecule has 0 saturated carbocycles. The first-order valence-corrected chi connectivity index (χ1v) is 10.5. The molecule has 2 saturated heterocycles. The summed E-state index contributed by atoms with van der Waals surface area (Å²) < 4.78 is 11.7. The van der Waals surface area contributed by atoms with Crippen molar-refractivity contribution < 1.29 is 18.7 Å². The highest BCUT2D eigenvalue weighted by molar-refractivity contribution is 6.10. The number of benzene rings is 1. The van der Waals surface area contributed by atoms with E-state index < -0.39 is 0 Å². The second-order valence-corrected chi connectivity index (χ2v) is 8.21. The maximum atomic E-state index is 13.4. The molecule has 5 rings (SSSR count). The average molecular weight is 394 g/mol. The van der Waals surface area contributed by atoms with Crippen molar-refractivity contribution in [2.24, 2.45) is 0 Å². The molecule has 2 aliphatic heterocycles. The molecule has 29 heavy (non-hydrogen) atoms. The van der Waals surface area contributed by atoms with E-state index in [1.165, 1.54) is 5.56 Å². The zero-order chi connectivity index (χ0) is 20.0. The van der Waals surface area contributed by atoms with E-state index >= 15 is 0 Å². The van der Waals surface area contributed by atoms with Gasteiger partial charge in [0.05, 0.1) is 36.4 Å². The van der Waals surface area contributed by atoms with E-state index in [-0.39, 0.29) is 23.8 Å². The highest BCUT2D eigenvalue weighted by Crippen LogP contribution is 2.33. The molecular weight excluding hydrogens is 368 g/mol. The fourth-order valence-electron chi connectivity index (χ4n) is 5.01. The Hall–Kier alpha value is -2.44. The minimum atomic E-state index is -0.0794. The lowest BCUT2D eigenvalue weighted by atomic mass is 9.92. The molecule has 0 bridgehead atoms. The molecule has 2 atom stereocenters. The molecule has 3 heterocycles. The van der Waals surface area contributed by atoms with Crippen LogP contribution in [0.25, 0.3) is 0 Å². The molecule has 1 aromatic carbocycles. The van der Waals surface area contributed by atoms with Crippen LogP contribution in [-0.2, 0) is 11.2 Å². The molecule has 1 aliphatic carbocycles. The number of carbonyl (C=O) groups is 2. The zero-order valence-corrected chi connectivity index (χ0v) is 16.7. The summed E-state index contributed by atoms with van der Waals surface area (Å²) in [5.41, 5.74) is 2.26. The number of nitrogens with zero attached hydrogens (tertiary/aromatic N) is 2. The Morgan fingerprint density at radius 2 is 1.93 bits per heavy atom. The number of hydrogen-bond acceptors (Lipinski definition) is 5. The fraction of sp³-hybridized carbons (Fsp3) is 0.478. The van der Waals surface area contributed by atoms with E-state index in [1.807, 2.05) is 11.0 Å². The predicted molar refractivity (Wildman–Crippen MR) is 107 cm³/mol. The van der Waals surface area contributed by atoms with Crippen molar-refractivity contribution in [3.8, 4) is 0 Å². The van der Waals surface area contributed by atoms with E-state index in [1.54, 1.807) is 6.92 Å². The number of hydrogen-bond donors (Lipinski definition) is 0. The summed E-state index contributed by atoms with van der Waals surface area (Å²) in [6, 6.07) is 10.8. The van der Waals surface area contributed by atoms with E-state index in [9.17, 15) is 9.59 Å². The van der Waals surface area contributed by atoms with Gasteiger partial charge in [0, 0.05) is 32.5 Å². The lowest BCUT2D eigenvalue weighted by molar-refractivity contribution is -0.0770. The number of furan rings is 1. The van der Waals surface area contributed by atoms with Crippen LogP contribution in [0.4, 0.5) is 0 Å². The largest absolute Gasteiger partial charge is 0.465 e. The van der Waals surface area contributed by atoms with Crippen LogP contribution < -0.4 is 0 Å². The van der Waals surface area contributed by atoms with Gasteiger partial charge in [-0.05, 0) is 18.9 Å². The molecule has 2 fully saturated rings.